The van der Waals surface area contributed by atoms with Crippen LogP contribution >= 0.6 is 35.0 Å². The molecule has 0 bridgehead atoms. The number of fused-ring (bicyclic) bond motifs is 1. The first-order valence-electron chi connectivity index (χ1n) is 8.25. The van der Waals surface area contributed by atoms with Crippen LogP contribution in [-0.2, 0) is 0 Å². The van der Waals surface area contributed by atoms with Crippen LogP contribution in [0.2, 0.25) is 10.0 Å². The molecule has 148 valence electrons. The van der Waals surface area contributed by atoms with Gasteiger partial charge in [0, 0.05) is 6.20 Å². The number of nitrogens with one attached hydrogen (secondary N) is 1. The number of rotatable bonds is 5. The lowest BCUT2D eigenvalue weighted by atomic mass is 10.0. The quantitative estimate of drug-likeness (QED) is 0.438. The largest absolute Gasteiger partial charge is 0.350 e. The number of benzene rings is 1. The van der Waals surface area contributed by atoms with E-state index in [1.807, 2.05) is 0 Å². The van der Waals surface area contributed by atoms with Crippen molar-refractivity contribution in [1.29, 1.82) is 0 Å². The van der Waals surface area contributed by atoms with Crippen LogP contribution in [0.25, 0.3) is 28.2 Å². The molecule has 29 heavy (non-hydrogen) atoms. The van der Waals surface area contributed by atoms with Crippen LogP contribution < -0.4 is 5.69 Å². The van der Waals surface area contributed by atoms with Crippen molar-refractivity contribution >= 4 is 40.6 Å². The molecular formula is C18H11Cl2F2N5OS. The highest BCUT2D eigenvalue weighted by atomic mass is 35.5. The molecule has 0 radical (unpaired) electrons. The molecule has 0 aliphatic carbocycles. The first-order valence-corrected chi connectivity index (χ1v) is 9.99. The molecule has 0 atom stereocenters. The molecule has 0 aliphatic heterocycles. The van der Waals surface area contributed by atoms with Crippen LogP contribution in [0.15, 0.2) is 52.5 Å². The highest BCUT2D eigenvalue weighted by Crippen LogP contribution is 2.36. The summed E-state index contributed by atoms with van der Waals surface area (Å²) in [6, 6.07) is 10.2. The molecule has 0 saturated heterocycles. The van der Waals surface area contributed by atoms with Crippen LogP contribution in [0.3, 0.4) is 0 Å². The fourth-order valence-electron chi connectivity index (χ4n) is 2.73. The molecule has 3 heterocycles. The maximum Gasteiger partial charge on any atom is 0.350 e. The number of H-pyrrole nitrogens is 1. The van der Waals surface area contributed by atoms with Crippen LogP contribution in [0.1, 0.15) is 0 Å². The second-order valence-electron chi connectivity index (χ2n) is 5.85. The number of alkyl halides is 2. The summed E-state index contributed by atoms with van der Waals surface area (Å²) in [4.78, 5) is 23.7. The van der Waals surface area contributed by atoms with Crippen molar-refractivity contribution in [3.63, 3.8) is 0 Å². The third-order valence-electron chi connectivity index (χ3n) is 3.94. The van der Waals surface area contributed by atoms with Gasteiger partial charge in [0.1, 0.15) is 5.69 Å². The summed E-state index contributed by atoms with van der Waals surface area (Å²) >= 11 is 13.0. The summed E-state index contributed by atoms with van der Waals surface area (Å²) < 4.78 is 26.3. The van der Waals surface area contributed by atoms with Crippen LogP contribution in [0, 0.1) is 0 Å². The molecule has 6 nitrogen and oxygen atoms in total. The van der Waals surface area contributed by atoms with E-state index in [2.05, 4.69) is 20.1 Å². The minimum Gasteiger partial charge on any atom is -0.285 e. The zero-order valence-corrected chi connectivity index (χ0v) is 16.8. The molecule has 0 saturated carbocycles. The fourth-order valence-corrected chi connectivity index (χ4v) is 3.62. The van der Waals surface area contributed by atoms with Crippen molar-refractivity contribution in [3.8, 4) is 22.5 Å². The van der Waals surface area contributed by atoms with E-state index in [0.29, 0.717) is 32.6 Å². The van der Waals surface area contributed by atoms with Gasteiger partial charge in [-0.2, -0.15) is 9.61 Å². The Hall–Kier alpha value is -2.49. The minimum atomic E-state index is -2.54. The number of aromatic amines is 1. The van der Waals surface area contributed by atoms with Crippen molar-refractivity contribution in [2.24, 2.45) is 0 Å². The van der Waals surface area contributed by atoms with Crippen molar-refractivity contribution in [3.05, 3.63) is 63.1 Å². The lowest BCUT2D eigenvalue weighted by molar-refractivity contribution is 0.176. The van der Waals surface area contributed by atoms with Crippen molar-refractivity contribution < 1.29 is 8.78 Å². The van der Waals surface area contributed by atoms with Gasteiger partial charge in [-0.3, -0.25) is 9.97 Å². The van der Waals surface area contributed by atoms with Gasteiger partial charge in [0.15, 0.2) is 10.8 Å². The van der Waals surface area contributed by atoms with E-state index in [9.17, 15) is 13.6 Å². The van der Waals surface area contributed by atoms with Gasteiger partial charge in [0.2, 0.25) is 6.43 Å². The van der Waals surface area contributed by atoms with Gasteiger partial charge in [-0.1, -0.05) is 47.1 Å². The summed E-state index contributed by atoms with van der Waals surface area (Å²) in [5, 5.41) is 5.11. The van der Waals surface area contributed by atoms with E-state index in [1.54, 1.807) is 42.6 Å². The summed E-state index contributed by atoms with van der Waals surface area (Å²) in [6.45, 7) is 0. The molecule has 11 heteroatoms. The van der Waals surface area contributed by atoms with Gasteiger partial charge in [-0.25, -0.2) is 18.6 Å². The Balaban J connectivity index is 2.00. The van der Waals surface area contributed by atoms with Gasteiger partial charge < -0.3 is 0 Å². The molecule has 1 N–H and O–H groups in total. The summed E-state index contributed by atoms with van der Waals surface area (Å²) in [7, 11) is 0. The van der Waals surface area contributed by atoms with Gasteiger partial charge >= 0.3 is 5.69 Å². The Morgan fingerprint density at radius 2 is 2.00 bits per heavy atom. The maximum atomic E-state index is 12.6. The summed E-state index contributed by atoms with van der Waals surface area (Å²) in [5.41, 5.74) is 1.61. The van der Waals surface area contributed by atoms with E-state index in [0.717, 1.165) is 16.3 Å². The van der Waals surface area contributed by atoms with Crippen LogP contribution in [-0.4, -0.2) is 36.7 Å². The summed E-state index contributed by atoms with van der Waals surface area (Å²) in [5.74, 6) is -0.498. The van der Waals surface area contributed by atoms with Gasteiger partial charge in [-0.05, 0) is 29.8 Å². The number of halogens is 4. The average Bonchev–Trinajstić information content (AvgIpc) is 3.09. The predicted octanol–water partition coefficient (Wildman–Crippen LogP) is 4.81. The lowest BCUT2D eigenvalue weighted by Crippen LogP contribution is -2.19. The second-order valence-corrected chi connectivity index (χ2v) is 7.68. The summed E-state index contributed by atoms with van der Waals surface area (Å²) in [6.07, 6.45) is -0.940. The number of nitrogens with zero attached hydrogens (tertiary/aromatic N) is 4. The molecule has 0 amide bonds. The van der Waals surface area contributed by atoms with E-state index in [4.69, 9.17) is 23.2 Å². The first kappa shape index (κ1) is 19.8. The molecule has 0 aliphatic rings. The monoisotopic (exact) mass is 453 g/mol. The standard InChI is InChI=1S/C18H11Cl2F2N5OS/c19-10-5-4-9(7-11(10)20)14-15(12-3-1-2-6-23-12)26-27-16(14)24-17(25-18(27)28)29-8-13(21)22/h1-7,13H,8H2,(H,24,25,28). The highest BCUT2D eigenvalue weighted by Gasteiger charge is 2.21. The Kier molecular flexibility index (Phi) is 5.53. The first-order chi connectivity index (χ1) is 13.9. The molecule has 0 unspecified atom stereocenters. The number of hydrogen-bond donors (Lipinski definition) is 1. The fraction of sp³-hybridized carbons (Fsp3) is 0.111. The van der Waals surface area contributed by atoms with E-state index in [-0.39, 0.29) is 10.8 Å². The number of aromatic nitrogens is 5. The zero-order chi connectivity index (χ0) is 20.5. The molecule has 1 aromatic carbocycles. The SMILES string of the molecule is O=c1[nH]c(SCC(F)F)nc2c(-c3ccc(Cl)c(Cl)c3)c(-c3ccccn3)nn12. The Morgan fingerprint density at radius 3 is 2.69 bits per heavy atom. The molecular weight excluding hydrogens is 443 g/mol. The van der Waals surface area contributed by atoms with Crippen molar-refractivity contribution in [2.75, 3.05) is 5.75 Å². The number of hydrogen-bond acceptors (Lipinski definition) is 5. The minimum absolute atomic E-state index is 0.0663. The number of thioether (sulfide) groups is 1. The Morgan fingerprint density at radius 1 is 1.17 bits per heavy atom. The maximum absolute atomic E-state index is 12.6. The third-order valence-corrected chi connectivity index (χ3v) is 5.56. The van der Waals surface area contributed by atoms with E-state index >= 15 is 0 Å². The molecule has 3 aromatic heterocycles. The van der Waals surface area contributed by atoms with E-state index in [1.165, 1.54) is 0 Å². The molecule has 0 spiro atoms. The van der Waals surface area contributed by atoms with Crippen molar-refractivity contribution in [2.45, 2.75) is 11.6 Å². The van der Waals surface area contributed by atoms with Crippen LogP contribution in [0.5, 0.6) is 0 Å². The highest BCUT2D eigenvalue weighted by molar-refractivity contribution is 7.99. The second kappa shape index (κ2) is 8.10. The van der Waals surface area contributed by atoms with Gasteiger partial charge in [-0.15, -0.1) is 0 Å². The molecule has 0 fully saturated rings. The lowest BCUT2D eigenvalue weighted by Gasteiger charge is -2.05. The average molecular weight is 454 g/mol. The third kappa shape index (κ3) is 3.98. The predicted molar refractivity (Wildman–Crippen MR) is 109 cm³/mol. The van der Waals surface area contributed by atoms with Crippen molar-refractivity contribution in [1.82, 2.24) is 24.6 Å². The zero-order valence-electron chi connectivity index (χ0n) is 14.4. The Bertz CT molecular complexity index is 1250. The number of pyridine rings is 1. The van der Waals surface area contributed by atoms with Crippen LogP contribution in [0.4, 0.5) is 8.78 Å². The molecule has 4 rings (SSSR count). The molecule has 4 aromatic rings. The Labute approximate surface area is 176 Å². The van der Waals surface area contributed by atoms with Gasteiger partial charge in [0.05, 0.1) is 27.1 Å². The normalized spacial score (nSPS) is 11.5. The van der Waals surface area contributed by atoms with E-state index < -0.39 is 17.9 Å². The smallest absolute Gasteiger partial charge is 0.285 e. The van der Waals surface area contributed by atoms with Gasteiger partial charge in [0.25, 0.3) is 0 Å². The topological polar surface area (TPSA) is 75.9 Å².